The molecule has 0 bridgehead atoms. The molecule has 0 spiro atoms. The zero-order valence-corrected chi connectivity index (χ0v) is 16.0. The second-order valence-corrected chi connectivity index (χ2v) is 7.56. The number of benzene rings is 2. The van der Waals surface area contributed by atoms with Crippen LogP contribution in [0.3, 0.4) is 0 Å². The zero-order chi connectivity index (χ0) is 19.5. The summed E-state index contributed by atoms with van der Waals surface area (Å²) in [7, 11) is 0. The number of anilines is 1. The van der Waals surface area contributed by atoms with Crippen molar-refractivity contribution in [1.82, 2.24) is 9.78 Å². The average Bonchev–Trinajstić information content (AvgIpc) is 3.30. The van der Waals surface area contributed by atoms with Crippen LogP contribution >= 0.6 is 0 Å². The summed E-state index contributed by atoms with van der Waals surface area (Å²) in [4.78, 5) is 12.6. The first-order valence-corrected chi connectivity index (χ1v) is 9.72. The lowest BCUT2D eigenvalue weighted by molar-refractivity contribution is -0.149. The molecule has 0 amide bonds. The van der Waals surface area contributed by atoms with E-state index in [-0.39, 0.29) is 17.9 Å². The maximum atomic E-state index is 12.6. The topological polar surface area (TPSA) is 70.1 Å². The standard InChI is InChI=1S/C23H25N3O2/c1-16-12-19(23(27)28-15-17-8-4-2-5-9-17)13-21(16)26-22(24)20(14-25-26)18-10-6-3-7-11-18/h2-11,14,16,19,21H,12-13,15,24H2,1H3/t16-,19?,21-/m1/s1. The van der Waals surface area contributed by atoms with E-state index in [0.29, 0.717) is 24.8 Å². The van der Waals surface area contributed by atoms with Crippen LogP contribution in [0.15, 0.2) is 66.9 Å². The van der Waals surface area contributed by atoms with Gasteiger partial charge in [-0.25, -0.2) is 4.68 Å². The number of ether oxygens (including phenoxy) is 1. The van der Waals surface area contributed by atoms with Gasteiger partial charge in [0.05, 0.1) is 18.2 Å². The van der Waals surface area contributed by atoms with Crippen LogP contribution in [0.1, 0.15) is 31.4 Å². The Morgan fingerprint density at radius 3 is 2.50 bits per heavy atom. The van der Waals surface area contributed by atoms with Crippen LogP contribution in [0, 0.1) is 11.8 Å². The number of aromatic nitrogens is 2. The summed E-state index contributed by atoms with van der Waals surface area (Å²) < 4.78 is 7.44. The summed E-state index contributed by atoms with van der Waals surface area (Å²) in [5.74, 6) is 0.709. The van der Waals surface area contributed by atoms with Gasteiger partial charge in [-0.05, 0) is 29.9 Å². The molecule has 0 saturated heterocycles. The summed E-state index contributed by atoms with van der Waals surface area (Å²) in [5, 5.41) is 4.55. The average molecular weight is 375 g/mol. The molecule has 144 valence electrons. The lowest BCUT2D eigenvalue weighted by Gasteiger charge is -2.17. The number of hydrogen-bond acceptors (Lipinski definition) is 4. The van der Waals surface area contributed by atoms with E-state index in [9.17, 15) is 4.79 Å². The number of rotatable bonds is 5. The van der Waals surface area contributed by atoms with Gasteiger partial charge in [0.1, 0.15) is 12.4 Å². The van der Waals surface area contributed by atoms with E-state index in [0.717, 1.165) is 23.1 Å². The van der Waals surface area contributed by atoms with E-state index in [1.54, 1.807) is 0 Å². The molecule has 2 N–H and O–H groups in total. The molecular weight excluding hydrogens is 350 g/mol. The molecule has 1 aromatic heterocycles. The van der Waals surface area contributed by atoms with Gasteiger partial charge >= 0.3 is 5.97 Å². The molecule has 2 aromatic carbocycles. The Bertz CT molecular complexity index is 937. The van der Waals surface area contributed by atoms with Gasteiger partial charge < -0.3 is 10.5 Å². The van der Waals surface area contributed by atoms with Gasteiger partial charge in [0.2, 0.25) is 0 Å². The lowest BCUT2D eigenvalue weighted by Crippen LogP contribution is -2.17. The fourth-order valence-corrected chi connectivity index (χ4v) is 4.08. The molecular formula is C23H25N3O2. The normalized spacial score (nSPS) is 21.5. The second-order valence-electron chi connectivity index (χ2n) is 7.56. The first-order valence-electron chi connectivity index (χ1n) is 9.72. The third-order valence-electron chi connectivity index (χ3n) is 5.63. The first kappa shape index (κ1) is 18.3. The highest BCUT2D eigenvalue weighted by molar-refractivity contribution is 5.74. The van der Waals surface area contributed by atoms with Gasteiger partial charge in [-0.1, -0.05) is 67.6 Å². The van der Waals surface area contributed by atoms with Crippen molar-refractivity contribution >= 4 is 11.8 Å². The highest BCUT2D eigenvalue weighted by Gasteiger charge is 2.38. The Balaban J connectivity index is 1.44. The van der Waals surface area contributed by atoms with E-state index in [1.165, 1.54) is 0 Å². The molecule has 3 atom stereocenters. The quantitative estimate of drug-likeness (QED) is 0.668. The predicted octanol–water partition coefficient (Wildman–Crippen LogP) is 4.46. The van der Waals surface area contributed by atoms with Crippen LogP contribution in [-0.4, -0.2) is 15.7 Å². The molecule has 28 heavy (non-hydrogen) atoms. The van der Waals surface area contributed by atoms with Crippen molar-refractivity contribution in [3.63, 3.8) is 0 Å². The van der Waals surface area contributed by atoms with Crippen molar-refractivity contribution in [2.45, 2.75) is 32.4 Å². The third-order valence-corrected chi connectivity index (χ3v) is 5.63. The van der Waals surface area contributed by atoms with Crippen molar-refractivity contribution in [2.24, 2.45) is 11.8 Å². The molecule has 0 radical (unpaired) electrons. The van der Waals surface area contributed by atoms with Crippen LogP contribution in [0.25, 0.3) is 11.1 Å². The number of nitrogen functional groups attached to an aromatic ring is 1. The van der Waals surface area contributed by atoms with Gasteiger partial charge in [-0.15, -0.1) is 0 Å². The fraction of sp³-hybridized carbons (Fsp3) is 0.304. The minimum Gasteiger partial charge on any atom is -0.461 e. The number of nitrogens with two attached hydrogens (primary N) is 1. The largest absolute Gasteiger partial charge is 0.461 e. The van der Waals surface area contributed by atoms with Crippen molar-refractivity contribution in [1.29, 1.82) is 0 Å². The molecule has 0 aliphatic heterocycles. The van der Waals surface area contributed by atoms with Crippen LogP contribution in [-0.2, 0) is 16.1 Å². The summed E-state index contributed by atoms with van der Waals surface area (Å²) in [6.45, 7) is 2.47. The maximum absolute atomic E-state index is 12.6. The van der Waals surface area contributed by atoms with Crippen LogP contribution in [0.2, 0.25) is 0 Å². The molecule has 1 heterocycles. The van der Waals surface area contributed by atoms with Gasteiger partial charge in [0, 0.05) is 5.56 Å². The SMILES string of the molecule is C[C@@H]1CC(C(=O)OCc2ccccc2)C[C@H]1n1ncc(-c2ccccc2)c1N. The van der Waals surface area contributed by atoms with Crippen molar-refractivity contribution < 1.29 is 9.53 Å². The molecule has 1 unspecified atom stereocenters. The third kappa shape index (κ3) is 3.65. The second kappa shape index (κ2) is 7.89. The summed E-state index contributed by atoms with van der Waals surface area (Å²) in [6, 6.07) is 19.9. The highest BCUT2D eigenvalue weighted by Crippen LogP contribution is 2.42. The monoisotopic (exact) mass is 375 g/mol. The van der Waals surface area contributed by atoms with Crippen LogP contribution in [0.4, 0.5) is 5.82 Å². The predicted molar refractivity (Wildman–Crippen MR) is 109 cm³/mol. The molecule has 1 saturated carbocycles. The van der Waals surface area contributed by atoms with E-state index >= 15 is 0 Å². The molecule has 4 rings (SSSR count). The minimum atomic E-state index is -0.132. The Morgan fingerprint density at radius 1 is 1.11 bits per heavy atom. The molecule has 3 aromatic rings. The Hall–Kier alpha value is -3.08. The minimum absolute atomic E-state index is 0.103. The Kier molecular flexibility index (Phi) is 5.15. The number of esters is 1. The molecule has 1 aliphatic rings. The number of hydrogen-bond donors (Lipinski definition) is 1. The van der Waals surface area contributed by atoms with Crippen LogP contribution in [0.5, 0.6) is 0 Å². The zero-order valence-electron chi connectivity index (χ0n) is 16.0. The summed E-state index contributed by atoms with van der Waals surface area (Å²) in [6.07, 6.45) is 3.31. The highest BCUT2D eigenvalue weighted by atomic mass is 16.5. The fourth-order valence-electron chi connectivity index (χ4n) is 4.08. The van der Waals surface area contributed by atoms with Gasteiger partial charge in [-0.3, -0.25) is 4.79 Å². The number of nitrogens with zero attached hydrogens (tertiary/aromatic N) is 2. The van der Waals surface area contributed by atoms with E-state index in [1.807, 2.05) is 71.5 Å². The Labute approximate surface area is 165 Å². The summed E-state index contributed by atoms with van der Waals surface area (Å²) >= 11 is 0. The molecule has 1 fully saturated rings. The number of carbonyl (C=O) groups excluding carboxylic acids is 1. The van der Waals surface area contributed by atoms with E-state index in [4.69, 9.17) is 10.5 Å². The smallest absolute Gasteiger partial charge is 0.309 e. The lowest BCUT2D eigenvalue weighted by atomic mass is 10.1. The first-order chi connectivity index (χ1) is 13.6. The van der Waals surface area contributed by atoms with E-state index < -0.39 is 0 Å². The van der Waals surface area contributed by atoms with Gasteiger partial charge in [0.15, 0.2) is 0 Å². The number of carbonyl (C=O) groups is 1. The van der Waals surface area contributed by atoms with E-state index in [2.05, 4.69) is 12.0 Å². The van der Waals surface area contributed by atoms with Gasteiger partial charge in [0.25, 0.3) is 0 Å². The molecule has 5 heteroatoms. The van der Waals surface area contributed by atoms with Gasteiger partial charge in [-0.2, -0.15) is 5.10 Å². The molecule has 1 aliphatic carbocycles. The van der Waals surface area contributed by atoms with Crippen molar-refractivity contribution in [2.75, 3.05) is 5.73 Å². The van der Waals surface area contributed by atoms with Crippen LogP contribution < -0.4 is 5.73 Å². The van der Waals surface area contributed by atoms with Crippen molar-refractivity contribution in [3.05, 3.63) is 72.4 Å². The Morgan fingerprint density at radius 2 is 1.79 bits per heavy atom. The maximum Gasteiger partial charge on any atom is 0.309 e. The summed E-state index contributed by atoms with van der Waals surface area (Å²) in [5.41, 5.74) is 9.40. The van der Waals surface area contributed by atoms with Crippen molar-refractivity contribution in [3.8, 4) is 11.1 Å². The molecule has 5 nitrogen and oxygen atoms in total.